The minimum atomic E-state index is -0.786. The summed E-state index contributed by atoms with van der Waals surface area (Å²) in [4.78, 5) is 0. The van der Waals surface area contributed by atoms with E-state index < -0.39 is 10.8 Å². The van der Waals surface area contributed by atoms with Crippen LogP contribution in [0.1, 0.15) is 39.5 Å². The van der Waals surface area contributed by atoms with E-state index in [4.69, 9.17) is 0 Å². The van der Waals surface area contributed by atoms with Gasteiger partial charge in [0.25, 0.3) is 0 Å². The number of thiophene rings is 1. The molecule has 0 saturated carbocycles. The lowest BCUT2D eigenvalue weighted by Crippen LogP contribution is -2.29. The van der Waals surface area contributed by atoms with Gasteiger partial charge >= 0.3 is 0 Å². The van der Waals surface area contributed by atoms with Crippen molar-refractivity contribution in [3.63, 3.8) is 0 Å². The molecule has 0 aliphatic heterocycles. The highest BCUT2D eigenvalue weighted by molar-refractivity contribution is 7.87. The molecule has 1 aromatic heterocycles. The van der Waals surface area contributed by atoms with Gasteiger partial charge in [0.15, 0.2) is 0 Å². The molecule has 2 unspecified atom stereocenters. The Morgan fingerprint density at radius 1 is 1.47 bits per heavy atom. The Bertz CT molecular complexity index is 311. The van der Waals surface area contributed by atoms with Crippen LogP contribution in [0.2, 0.25) is 0 Å². The molecule has 4 heteroatoms. The zero-order chi connectivity index (χ0) is 12.5. The van der Waals surface area contributed by atoms with Crippen molar-refractivity contribution in [3.05, 3.63) is 17.5 Å². The molecule has 2 atom stereocenters. The highest BCUT2D eigenvalue weighted by Crippen LogP contribution is 2.15. The molecule has 17 heavy (non-hydrogen) atoms. The first-order valence-corrected chi connectivity index (χ1v) is 8.63. The van der Waals surface area contributed by atoms with Crippen LogP contribution in [0.5, 0.6) is 0 Å². The number of nitrogens with one attached hydrogen (secondary N) is 1. The van der Waals surface area contributed by atoms with Crippen LogP contribution >= 0.6 is 11.3 Å². The van der Waals surface area contributed by atoms with Gasteiger partial charge in [-0.3, -0.25) is 4.21 Å². The quantitative estimate of drug-likeness (QED) is 0.747. The first-order valence-electron chi connectivity index (χ1n) is 6.43. The second-order valence-electron chi connectivity index (χ2n) is 4.18. The lowest BCUT2D eigenvalue weighted by atomic mass is 10.1. The van der Waals surface area contributed by atoms with E-state index in [2.05, 4.69) is 19.2 Å². The molecular formula is C13H23NOS2. The number of hydrogen-bond acceptors (Lipinski definition) is 3. The Kier molecular flexibility index (Phi) is 7.73. The van der Waals surface area contributed by atoms with Crippen LogP contribution in [-0.4, -0.2) is 22.5 Å². The highest BCUT2D eigenvalue weighted by Gasteiger charge is 2.08. The topological polar surface area (TPSA) is 29.1 Å². The summed E-state index contributed by atoms with van der Waals surface area (Å²) < 4.78 is 12.9. The zero-order valence-electron chi connectivity index (χ0n) is 10.8. The van der Waals surface area contributed by atoms with Crippen molar-refractivity contribution in [2.45, 2.75) is 49.8 Å². The van der Waals surface area contributed by atoms with Crippen LogP contribution in [0.15, 0.2) is 21.7 Å². The summed E-state index contributed by atoms with van der Waals surface area (Å²) in [5.41, 5.74) is 0. The third kappa shape index (κ3) is 5.80. The Balaban J connectivity index is 2.19. The third-order valence-electron chi connectivity index (χ3n) is 2.78. The summed E-state index contributed by atoms with van der Waals surface area (Å²) in [5.74, 6) is 0.796. The minimum Gasteiger partial charge on any atom is -0.314 e. The molecule has 2 nitrogen and oxygen atoms in total. The van der Waals surface area contributed by atoms with Crippen LogP contribution in [0, 0.1) is 0 Å². The van der Waals surface area contributed by atoms with Crippen LogP contribution in [0.25, 0.3) is 0 Å². The van der Waals surface area contributed by atoms with E-state index in [1.54, 1.807) is 11.3 Å². The summed E-state index contributed by atoms with van der Waals surface area (Å²) in [6.45, 7) is 5.49. The van der Waals surface area contributed by atoms with E-state index in [0.29, 0.717) is 6.04 Å². The van der Waals surface area contributed by atoms with Gasteiger partial charge in [-0.15, -0.1) is 11.3 Å². The molecule has 1 N–H and O–H groups in total. The molecule has 0 bridgehead atoms. The van der Waals surface area contributed by atoms with Gasteiger partial charge in [0, 0.05) is 11.8 Å². The molecule has 0 fully saturated rings. The Labute approximate surface area is 111 Å². The van der Waals surface area contributed by atoms with Crippen LogP contribution in [0.3, 0.4) is 0 Å². The summed E-state index contributed by atoms with van der Waals surface area (Å²) in [6.07, 6.45) is 4.51. The van der Waals surface area contributed by atoms with Crippen molar-refractivity contribution in [2.75, 3.05) is 12.3 Å². The fraction of sp³-hybridized carbons (Fsp3) is 0.692. The van der Waals surface area contributed by atoms with Gasteiger partial charge in [-0.1, -0.05) is 19.9 Å². The van der Waals surface area contributed by atoms with E-state index in [-0.39, 0.29) is 0 Å². The van der Waals surface area contributed by atoms with Crippen molar-refractivity contribution < 1.29 is 4.21 Å². The SMILES string of the molecule is CCCNC(CC)CCCS(=O)c1cccs1. The van der Waals surface area contributed by atoms with Gasteiger partial charge < -0.3 is 5.32 Å². The molecule has 0 aromatic carbocycles. The van der Waals surface area contributed by atoms with E-state index in [1.807, 2.05) is 17.5 Å². The first kappa shape index (κ1) is 14.9. The molecule has 0 saturated heterocycles. The molecule has 98 valence electrons. The van der Waals surface area contributed by atoms with Gasteiger partial charge in [0.1, 0.15) is 0 Å². The summed E-state index contributed by atoms with van der Waals surface area (Å²) >= 11 is 1.59. The predicted molar refractivity (Wildman–Crippen MR) is 77.2 cm³/mol. The first-order chi connectivity index (χ1) is 8.27. The van der Waals surface area contributed by atoms with E-state index in [9.17, 15) is 4.21 Å². The normalized spacial score (nSPS) is 14.7. The molecule has 0 radical (unpaired) electrons. The lowest BCUT2D eigenvalue weighted by molar-refractivity contribution is 0.464. The summed E-state index contributed by atoms with van der Waals surface area (Å²) in [6, 6.07) is 4.53. The molecular weight excluding hydrogens is 250 g/mol. The maximum Gasteiger partial charge on any atom is 0.0910 e. The smallest absolute Gasteiger partial charge is 0.0910 e. The van der Waals surface area contributed by atoms with E-state index in [1.165, 1.54) is 6.42 Å². The van der Waals surface area contributed by atoms with Gasteiger partial charge in [0.05, 0.1) is 15.0 Å². The molecule has 1 aromatic rings. The second kappa shape index (κ2) is 8.84. The van der Waals surface area contributed by atoms with Crippen LogP contribution in [-0.2, 0) is 10.8 Å². The largest absolute Gasteiger partial charge is 0.314 e. The molecule has 0 amide bonds. The Hall–Kier alpha value is -0.190. The highest BCUT2D eigenvalue weighted by atomic mass is 32.2. The Morgan fingerprint density at radius 2 is 2.29 bits per heavy atom. The van der Waals surface area contributed by atoms with Crippen molar-refractivity contribution in [2.24, 2.45) is 0 Å². The molecule has 0 aliphatic rings. The number of rotatable bonds is 9. The lowest BCUT2D eigenvalue weighted by Gasteiger charge is -2.15. The van der Waals surface area contributed by atoms with Crippen molar-refractivity contribution in [1.82, 2.24) is 5.32 Å². The van der Waals surface area contributed by atoms with E-state index in [0.717, 1.165) is 35.8 Å². The van der Waals surface area contributed by atoms with Gasteiger partial charge in [0.2, 0.25) is 0 Å². The fourth-order valence-corrected chi connectivity index (χ4v) is 3.91. The number of hydrogen-bond donors (Lipinski definition) is 1. The van der Waals surface area contributed by atoms with Crippen molar-refractivity contribution in [3.8, 4) is 0 Å². The van der Waals surface area contributed by atoms with Gasteiger partial charge in [-0.05, 0) is 43.7 Å². The third-order valence-corrected chi connectivity index (χ3v) is 5.53. The maximum absolute atomic E-state index is 11.9. The van der Waals surface area contributed by atoms with E-state index >= 15 is 0 Å². The predicted octanol–water partition coefficient (Wildman–Crippen LogP) is 3.41. The molecule has 1 rings (SSSR count). The zero-order valence-corrected chi connectivity index (χ0v) is 12.4. The van der Waals surface area contributed by atoms with Crippen LogP contribution < -0.4 is 5.32 Å². The summed E-state index contributed by atoms with van der Waals surface area (Å²) in [5, 5.41) is 5.52. The van der Waals surface area contributed by atoms with Crippen molar-refractivity contribution >= 4 is 22.1 Å². The van der Waals surface area contributed by atoms with Gasteiger partial charge in [-0.25, -0.2) is 0 Å². The average Bonchev–Trinajstić information content (AvgIpc) is 2.87. The maximum atomic E-state index is 11.9. The standard InChI is InChI=1S/C13H23NOS2/c1-3-9-14-12(4-2)7-6-11-17(15)13-8-5-10-16-13/h5,8,10,12,14H,3-4,6-7,9,11H2,1-2H3. The molecule has 1 heterocycles. The Morgan fingerprint density at radius 3 is 2.88 bits per heavy atom. The second-order valence-corrected chi connectivity index (χ2v) is 6.93. The monoisotopic (exact) mass is 273 g/mol. The fourth-order valence-electron chi connectivity index (χ4n) is 1.75. The molecule has 0 aliphatic carbocycles. The minimum absolute atomic E-state index is 0.593. The van der Waals surface area contributed by atoms with Gasteiger partial charge in [-0.2, -0.15) is 0 Å². The van der Waals surface area contributed by atoms with Crippen LogP contribution in [0.4, 0.5) is 0 Å². The van der Waals surface area contributed by atoms with Crippen molar-refractivity contribution in [1.29, 1.82) is 0 Å². The average molecular weight is 273 g/mol. The molecule has 0 spiro atoms. The summed E-state index contributed by atoms with van der Waals surface area (Å²) in [7, 11) is -0.786.